The van der Waals surface area contributed by atoms with Crippen molar-refractivity contribution in [3.05, 3.63) is 70.8 Å². The van der Waals surface area contributed by atoms with Crippen molar-refractivity contribution in [3.8, 4) is 0 Å². The summed E-state index contributed by atoms with van der Waals surface area (Å²) in [6.07, 6.45) is -10.3. The second kappa shape index (κ2) is 12.9. The van der Waals surface area contributed by atoms with E-state index in [1.807, 2.05) is 0 Å². The van der Waals surface area contributed by atoms with Crippen LogP contribution in [0.1, 0.15) is 41.2 Å². The largest absolute Gasteiger partial charge is 0.467 e. The highest BCUT2D eigenvalue weighted by molar-refractivity contribution is 5.85. The summed E-state index contributed by atoms with van der Waals surface area (Å²) < 4.78 is 97.5. The summed E-state index contributed by atoms with van der Waals surface area (Å²) in [7, 11) is 1.19. The molecular formula is C25H28ClF6NO4. The maximum atomic E-state index is 13.6. The first-order chi connectivity index (χ1) is 17.0. The van der Waals surface area contributed by atoms with Crippen molar-refractivity contribution in [1.29, 1.82) is 0 Å². The van der Waals surface area contributed by atoms with Crippen molar-refractivity contribution < 1.29 is 45.3 Å². The number of rotatable bonds is 9. The molecule has 37 heavy (non-hydrogen) atoms. The maximum absolute atomic E-state index is 13.6. The summed E-state index contributed by atoms with van der Waals surface area (Å²) in [4.78, 5) is 11.3. The zero-order valence-corrected chi connectivity index (χ0v) is 20.8. The van der Waals surface area contributed by atoms with Gasteiger partial charge in [0.05, 0.1) is 37.6 Å². The van der Waals surface area contributed by atoms with Crippen LogP contribution in [0.2, 0.25) is 0 Å². The fraction of sp³-hybridized carbons (Fsp3) is 0.480. The summed E-state index contributed by atoms with van der Waals surface area (Å²) in [6, 6.07) is 10.5. The van der Waals surface area contributed by atoms with Crippen LogP contribution in [0, 0.1) is 0 Å². The van der Waals surface area contributed by atoms with Crippen LogP contribution >= 0.6 is 12.4 Å². The van der Waals surface area contributed by atoms with Gasteiger partial charge in [0.1, 0.15) is 6.61 Å². The zero-order chi connectivity index (χ0) is 26.4. The van der Waals surface area contributed by atoms with E-state index in [1.54, 1.807) is 30.3 Å². The minimum atomic E-state index is -4.99. The normalized spacial score (nSPS) is 16.5. The average molecular weight is 556 g/mol. The predicted molar refractivity (Wildman–Crippen MR) is 125 cm³/mol. The molecule has 2 aromatic carbocycles. The Morgan fingerprint density at radius 1 is 0.946 bits per heavy atom. The molecule has 1 N–H and O–H groups in total. The number of benzene rings is 2. The van der Waals surface area contributed by atoms with Crippen molar-refractivity contribution in [2.45, 2.75) is 36.7 Å². The summed E-state index contributed by atoms with van der Waals surface area (Å²) in [5, 5.41) is 3.19. The fourth-order valence-corrected chi connectivity index (χ4v) is 4.49. The zero-order valence-electron chi connectivity index (χ0n) is 20.0. The topological polar surface area (TPSA) is 56.8 Å². The first-order valence-electron chi connectivity index (χ1n) is 11.3. The third-order valence-electron chi connectivity index (χ3n) is 6.22. The highest BCUT2D eigenvalue weighted by atomic mass is 35.5. The van der Waals surface area contributed by atoms with Crippen LogP contribution in [-0.4, -0.2) is 46.0 Å². The summed E-state index contributed by atoms with van der Waals surface area (Å²) in [5.74, 6) is -0.627. The second-order valence-corrected chi connectivity index (χ2v) is 8.49. The van der Waals surface area contributed by atoms with E-state index in [1.165, 1.54) is 7.11 Å². The molecule has 0 amide bonds. The SMILES string of the molecule is COC(=O)COCCOC(c1cc(C(F)(F)F)cc(C(F)(F)F)c1)C1(c2ccccc2)CCNCC1.Cl. The van der Waals surface area contributed by atoms with Crippen molar-refractivity contribution in [2.24, 2.45) is 0 Å². The fourth-order valence-electron chi connectivity index (χ4n) is 4.49. The minimum Gasteiger partial charge on any atom is -0.467 e. The summed E-state index contributed by atoms with van der Waals surface area (Å²) >= 11 is 0. The van der Waals surface area contributed by atoms with Crippen molar-refractivity contribution in [3.63, 3.8) is 0 Å². The second-order valence-electron chi connectivity index (χ2n) is 8.49. The van der Waals surface area contributed by atoms with Crippen molar-refractivity contribution in [2.75, 3.05) is 40.0 Å². The highest BCUT2D eigenvalue weighted by Gasteiger charge is 2.45. The number of methoxy groups -OCH3 is 1. The highest BCUT2D eigenvalue weighted by Crippen LogP contribution is 2.48. The van der Waals surface area contributed by atoms with Gasteiger partial charge in [0.2, 0.25) is 0 Å². The molecule has 1 fully saturated rings. The van der Waals surface area contributed by atoms with Crippen LogP contribution in [0.5, 0.6) is 0 Å². The van der Waals surface area contributed by atoms with Gasteiger partial charge in [0.25, 0.3) is 0 Å². The Morgan fingerprint density at radius 3 is 2.03 bits per heavy atom. The molecule has 0 radical (unpaired) electrons. The molecule has 1 saturated heterocycles. The molecule has 0 spiro atoms. The summed E-state index contributed by atoms with van der Waals surface area (Å²) in [6.45, 7) is 0.360. The van der Waals surface area contributed by atoms with E-state index in [4.69, 9.17) is 9.47 Å². The lowest BCUT2D eigenvalue weighted by Crippen LogP contribution is -2.45. The smallest absolute Gasteiger partial charge is 0.416 e. The van der Waals surface area contributed by atoms with Crippen LogP contribution in [0.4, 0.5) is 26.3 Å². The van der Waals surface area contributed by atoms with Gasteiger partial charge >= 0.3 is 18.3 Å². The van der Waals surface area contributed by atoms with E-state index in [0.717, 1.165) is 17.7 Å². The molecule has 1 atom stereocenters. The van der Waals surface area contributed by atoms with Gasteiger partial charge < -0.3 is 19.5 Å². The molecule has 1 aliphatic heterocycles. The van der Waals surface area contributed by atoms with Crippen molar-refractivity contribution in [1.82, 2.24) is 5.32 Å². The Kier molecular flexibility index (Phi) is 10.8. The molecule has 0 aliphatic carbocycles. The molecule has 1 heterocycles. The van der Waals surface area contributed by atoms with Gasteiger partial charge in [-0.2, -0.15) is 26.3 Å². The molecule has 0 bridgehead atoms. The first kappa shape index (κ1) is 30.9. The van der Waals surface area contributed by atoms with Gasteiger partial charge in [-0.3, -0.25) is 0 Å². The maximum Gasteiger partial charge on any atom is 0.416 e. The number of nitrogens with one attached hydrogen (secondary N) is 1. The number of piperidine rings is 1. The van der Waals surface area contributed by atoms with Crippen molar-refractivity contribution >= 4 is 18.4 Å². The first-order valence-corrected chi connectivity index (χ1v) is 11.3. The molecule has 0 saturated carbocycles. The van der Waals surface area contributed by atoms with Gasteiger partial charge in [-0.15, -0.1) is 12.4 Å². The van der Waals surface area contributed by atoms with Crippen LogP contribution in [0.3, 0.4) is 0 Å². The van der Waals surface area contributed by atoms with Crippen LogP contribution < -0.4 is 5.32 Å². The number of alkyl halides is 6. The van der Waals surface area contributed by atoms with Gasteiger partial charge in [-0.1, -0.05) is 30.3 Å². The molecule has 206 valence electrons. The van der Waals surface area contributed by atoms with E-state index in [9.17, 15) is 31.1 Å². The number of esters is 1. The van der Waals surface area contributed by atoms with Crippen LogP contribution in [-0.2, 0) is 36.8 Å². The van der Waals surface area contributed by atoms with Crippen LogP contribution in [0.15, 0.2) is 48.5 Å². The molecule has 5 nitrogen and oxygen atoms in total. The standard InChI is InChI=1S/C25H27F6NO4.ClH/c1-34-21(33)16-35-11-12-36-22(23(7-9-32-10-8-23)18-5-3-2-4-6-18)17-13-19(24(26,27)28)15-20(14-17)25(29,30)31;/h2-6,13-15,22,32H,7-12,16H2,1H3;1H. The van der Waals surface area contributed by atoms with E-state index in [0.29, 0.717) is 25.9 Å². The van der Waals surface area contributed by atoms with Gasteiger partial charge in [-0.25, -0.2) is 4.79 Å². The Hall–Kier alpha value is -2.34. The number of hydrogen-bond acceptors (Lipinski definition) is 5. The van der Waals surface area contributed by atoms with E-state index in [2.05, 4.69) is 10.1 Å². The Morgan fingerprint density at radius 2 is 1.51 bits per heavy atom. The molecule has 3 rings (SSSR count). The van der Waals surface area contributed by atoms with Gasteiger partial charge in [-0.05, 0) is 55.3 Å². The molecule has 1 unspecified atom stereocenters. The van der Waals surface area contributed by atoms with E-state index < -0.39 is 41.0 Å². The monoisotopic (exact) mass is 555 g/mol. The third kappa shape index (κ3) is 7.83. The number of hydrogen-bond donors (Lipinski definition) is 1. The molecule has 1 aliphatic rings. The Balaban J connectivity index is 0.00000481. The Bertz CT molecular complexity index is 978. The number of carbonyl (C=O) groups is 1. The lowest BCUT2D eigenvalue weighted by molar-refractivity contribution is -0.147. The Labute approximate surface area is 216 Å². The molecule has 2 aromatic rings. The van der Waals surface area contributed by atoms with E-state index in [-0.39, 0.29) is 43.9 Å². The average Bonchev–Trinajstić information content (AvgIpc) is 2.85. The molecule has 0 aromatic heterocycles. The number of ether oxygens (including phenoxy) is 3. The third-order valence-corrected chi connectivity index (χ3v) is 6.22. The number of halogens is 7. The van der Waals surface area contributed by atoms with Crippen LogP contribution in [0.25, 0.3) is 0 Å². The minimum absolute atomic E-state index is 0. The number of carbonyl (C=O) groups excluding carboxylic acids is 1. The molecule has 12 heteroatoms. The van der Waals surface area contributed by atoms with E-state index >= 15 is 0 Å². The predicted octanol–water partition coefficient (Wildman–Crippen LogP) is 5.71. The van der Waals surface area contributed by atoms with Gasteiger partial charge in [0.15, 0.2) is 0 Å². The summed E-state index contributed by atoms with van der Waals surface area (Å²) in [5.41, 5.74) is -3.18. The lowest BCUT2D eigenvalue weighted by atomic mass is 9.67. The quantitative estimate of drug-likeness (QED) is 0.244. The molecular weight excluding hydrogens is 528 g/mol. The van der Waals surface area contributed by atoms with Gasteiger partial charge in [0, 0.05) is 5.41 Å². The lowest BCUT2D eigenvalue weighted by Gasteiger charge is -2.44.